The molecule has 182 valence electrons. The quantitative estimate of drug-likeness (QED) is 0.308. The maximum atomic E-state index is 13.0. The molecule has 0 bridgehead atoms. The van der Waals surface area contributed by atoms with Crippen LogP contribution in [0.15, 0.2) is 89.4 Å². The number of benzene rings is 2. The Bertz CT molecular complexity index is 1320. The molecule has 36 heavy (non-hydrogen) atoms. The molecule has 2 amide bonds. The molecule has 6 nitrogen and oxygen atoms in total. The highest BCUT2D eigenvalue weighted by molar-refractivity contribution is 7.99. The molecular formula is C28H26N4O2S2. The van der Waals surface area contributed by atoms with Gasteiger partial charge in [-0.2, -0.15) is 0 Å². The standard InChI is InChI=1S/C28H26N4O2S2/c33-26(19-35-25-12-6-7-15-29-25)32-16-13-21(14-17-32)28-31-24(18-36-28)27(34)30-23-11-5-4-10-22(23)20-8-2-1-3-9-20/h1-12,15,18,21H,13-14,16-17,19H2,(H,30,34). The van der Waals surface area contributed by atoms with Crippen molar-refractivity contribution in [3.8, 4) is 11.1 Å². The summed E-state index contributed by atoms with van der Waals surface area (Å²) in [6, 6.07) is 23.5. The van der Waals surface area contributed by atoms with E-state index in [1.807, 2.05) is 83.1 Å². The average molecular weight is 515 g/mol. The molecule has 0 saturated carbocycles. The molecule has 3 heterocycles. The topological polar surface area (TPSA) is 75.2 Å². The third-order valence-electron chi connectivity index (χ3n) is 6.19. The monoisotopic (exact) mass is 514 g/mol. The summed E-state index contributed by atoms with van der Waals surface area (Å²) in [4.78, 5) is 36.5. The molecule has 0 spiro atoms. The largest absolute Gasteiger partial charge is 0.342 e. The highest BCUT2D eigenvalue weighted by Gasteiger charge is 2.26. The number of anilines is 1. The van der Waals surface area contributed by atoms with Crippen molar-refractivity contribution in [1.29, 1.82) is 0 Å². The number of amides is 2. The number of rotatable bonds is 7. The minimum Gasteiger partial charge on any atom is -0.342 e. The number of nitrogens with zero attached hydrogens (tertiary/aromatic N) is 3. The van der Waals surface area contributed by atoms with E-state index in [2.05, 4.69) is 15.3 Å². The van der Waals surface area contributed by atoms with Crippen molar-refractivity contribution in [3.05, 3.63) is 95.1 Å². The predicted molar refractivity (Wildman–Crippen MR) is 145 cm³/mol. The summed E-state index contributed by atoms with van der Waals surface area (Å²) in [5.74, 6) is 0.592. The van der Waals surface area contributed by atoms with Gasteiger partial charge in [0.1, 0.15) is 5.69 Å². The zero-order valence-corrected chi connectivity index (χ0v) is 21.3. The minimum absolute atomic E-state index is 0.139. The number of hydrogen-bond acceptors (Lipinski definition) is 6. The number of pyridine rings is 1. The molecule has 1 aliphatic heterocycles. The van der Waals surface area contributed by atoms with Gasteiger partial charge in [0.2, 0.25) is 5.91 Å². The predicted octanol–water partition coefficient (Wildman–Crippen LogP) is 5.96. The lowest BCUT2D eigenvalue weighted by Crippen LogP contribution is -2.38. The zero-order chi connectivity index (χ0) is 24.7. The van der Waals surface area contributed by atoms with Crippen LogP contribution in [0.3, 0.4) is 0 Å². The number of nitrogens with one attached hydrogen (secondary N) is 1. The van der Waals surface area contributed by atoms with Gasteiger partial charge in [-0.1, -0.05) is 66.4 Å². The fourth-order valence-electron chi connectivity index (χ4n) is 4.26. The van der Waals surface area contributed by atoms with Crippen LogP contribution in [0.2, 0.25) is 0 Å². The Morgan fingerprint density at radius 1 is 0.972 bits per heavy atom. The van der Waals surface area contributed by atoms with Crippen LogP contribution in [0.4, 0.5) is 5.69 Å². The number of thiazole rings is 1. The van der Waals surface area contributed by atoms with E-state index in [1.54, 1.807) is 6.20 Å². The summed E-state index contributed by atoms with van der Waals surface area (Å²) in [7, 11) is 0. The Kier molecular flexibility index (Phi) is 7.73. The molecule has 4 aromatic rings. The van der Waals surface area contributed by atoms with Crippen molar-refractivity contribution in [2.75, 3.05) is 24.2 Å². The van der Waals surface area contributed by atoms with E-state index < -0.39 is 0 Å². The molecular weight excluding hydrogens is 488 g/mol. The molecule has 0 unspecified atom stereocenters. The first kappa shape index (κ1) is 24.2. The van der Waals surface area contributed by atoms with E-state index in [1.165, 1.54) is 23.1 Å². The van der Waals surface area contributed by atoms with E-state index in [-0.39, 0.29) is 17.7 Å². The van der Waals surface area contributed by atoms with Gasteiger partial charge >= 0.3 is 0 Å². The van der Waals surface area contributed by atoms with Gasteiger partial charge in [0.25, 0.3) is 5.91 Å². The summed E-state index contributed by atoms with van der Waals surface area (Å²) in [6.07, 6.45) is 3.44. The van der Waals surface area contributed by atoms with Crippen molar-refractivity contribution >= 4 is 40.6 Å². The van der Waals surface area contributed by atoms with Crippen LogP contribution in [0, 0.1) is 0 Å². The third-order valence-corrected chi connectivity index (χ3v) is 8.13. The molecule has 0 atom stereocenters. The molecule has 8 heteroatoms. The molecule has 1 N–H and O–H groups in total. The molecule has 0 aliphatic carbocycles. The summed E-state index contributed by atoms with van der Waals surface area (Å²) >= 11 is 2.99. The van der Waals surface area contributed by atoms with E-state index in [0.717, 1.165) is 39.7 Å². The van der Waals surface area contributed by atoms with E-state index >= 15 is 0 Å². The van der Waals surface area contributed by atoms with Crippen LogP contribution in [0.1, 0.15) is 34.3 Å². The molecule has 1 saturated heterocycles. The van der Waals surface area contributed by atoms with Crippen LogP contribution < -0.4 is 5.32 Å². The Balaban J connectivity index is 1.16. The molecule has 1 fully saturated rings. The summed E-state index contributed by atoms with van der Waals surface area (Å²) in [6.45, 7) is 1.41. The van der Waals surface area contributed by atoms with Gasteiger partial charge in [-0.05, 0) is 36.6 Å². The lowest BCUT2D eigenvalue weighted by atomic mass is 9.97. The second-order valence-electron chi connectivity index (χ2n) is 8.55. The van der Waals surface area contributed by atoms with Gasteiger partial charge in [-0.25, -0.2) is 9.97 Å². The van der Waals surface area contributed by atoms with Gasteiger partial charge < -0.3 is 10.2 Å². The van der Waals surface area contributed by atoms with Gasteiger partial charge in [0, 0.05) is 41.8 Å². The maximum absolute atomic E-state index is 13.0. The first-order chi connectivity index (χ1) is 17.7. The lowest BCUT2D eigenvalue weighted by Gasteiger charge is -2.31. The fraction of sp³-hybridized carbons (Fsp3) is 0.214. The number of carbonyl (C=O) groups is 2. The normalized spacial score (nSPS) is 13.9. The molecule has 5 rings (SSSR count). The molecule has 2 aromatic heterocycles. The highest BCUT2D eigenvalue weighted by Crippen LogP contribution is 2.32. The highest BCUT2D eigenvalue weighted by atomic mass is 32.2. The van der Waals surface area contributed by atoms with Crippen LogP contribution in [0.25, 0.3) is 11.1 Å². The molecule has 2 aromatic carbocycles. The van der Waals surface area contributed by atoms with Crippen LogP contribution in [-0.4, -0.2) is 45.5 Å². The number of aromatic nitrogens is 2. The number of thioether (sulfide) groups is 1. The first-order valence-electron chi connectivity index (χ1n) is 11.9. The van der Waals surface area contributed by atoms with Crippen LogP contribution in [0.5, 0.6) is 0 Å². The second-order valence-corrected chi connectivity index (χ2v) is 10.4. The van der Waals surface area contributed by atoms with Crippen molar-refractivity contribution in [1.82, 2.24) is 14.9 Å². The third kappa shape index (κ3) is 5.83. The smallest absolute Gasteiger partial charge is 0.275 e. The zero-order valence-electron chi connectivity index (χ0n) is 19.7. The van der Waals surface area contributed by atoms with Crippen molar-refractivity contribution in [2.45, 2.75) is 23.8 Å². The average Bonchev–Trinajstić information content (AvgIpc) is 3.44. The van der Waals surface area contributed by atoms with Gasteiger partial charge in [-0.15, -0.1) is 11.3 Å². The number of carbonyl (C=O) groups excluding carboxylic acids is 2. The van der Waals surface area contributed by atoms with Crippen LogP contribution >= 0.6 is 23.1 Å². The van der Waals surface area contributed by atoms with E-state index in [9.17, 15) is 9.59 Å². The second kappa shape index (κ2) is 11.5. The lowest BCUT2D eigenvalue weighted by molar-refractivity contribution is -0.129. The van der Waals surface area contributed by atoms with E-state index in [4.69, 9.17) is 0 Å². The van der Waals surface area contributed by atoms with Crippen LogP contribution in [-0.2, 0) is 4.79 Å². The Morgan fingerprint density at radius 3 is 2.50 bits per heavy atom. The van der Waals surface area contributed by atoms with Gasteiger partial charge in [0.15, 0.2) is 0 Å². The van der Waals surface area contributed by atoms with Crippen molar-refractivity contribution in [2.24, 2.45) is 0 Å². The first-order valence-corrected chi connectivity index (χ1v) is 13.8. The number of likely N-dealkylation sites (tertiary alicyclic amines) is 1. The summed E-state index contributed by atoms with van der Waals surface area (Å²) in [5, 5.41) is 6.69. The van der Waals surface area contributed by atoms with Gasteiger partial charge in [-0.3, -0.25) is 9.59 Å². The van der Waals surface area contributed by atoms with E-state index in [0.29, 0.717) is 24.5 Å². The number of hydrogen-bond donors (Lipinski definition) is 1. The Morgan fingerprint density at radius 2 is 1.72 bits per heavy atom. The summed E-state index contributed by atoms with van der Waals surface area (Å²) in [5.41, 5.74) is 3.22. The SMILES string of the molecule is O=C(Nc1ccccc1-c1ccccc1)c1csc(C2CCN(C(=O)CSc3ccccn3)CC2)n1. The van der Waals surface area contributed by atoms with Gasteiger partial charge in [0.05, 0.1) is 15.8 Å². The molecule has 1 aliphatic rings. The fourth-order valence-corrected chi connectivity index (χ4v) is 6.00. The Hall–Kier alpha value is -3.49. The number of para-hydroxylation sites is 1. The number of piperidine rings is 1. The van der Waals surface area contributed by atoms with Crippen molar-refractivity contribution in [3.63, 3.8) is 0 Å². The molecule has 0 radical (unpaired) electrons. The Labute approximate surface area is 218 Å². The van der Waals surface area contributed by atoms with Crippen molar-refractivity contribution < 1.29 is 9.59 Å². The maximum Gasteiger partial charge on any atom is 0.275 e. The summed E-state index contributed by atoms with van der Waals surface area (Å²) < 4.78 is 0. The minimum atomic E-state index is -0.208.